The topological polar surface area (TPSA) is 0 Å². The summed E-state index contributed by atoms with van der Waals surface area (Å²) in [6, 6.07) is 9.41. The molecule has 0 bridgehead atoms. The van der Waals surface area contributed by atoms with Gasteiger partial charge in [-0.25, -0.2) is 0 Å². The summed E-state index contributed by atoms with van der Waals surface area (Å²) in [5.74, 6) is 7.04. The summed E-state index contributed by atoms with van der Waals surface area (Å²) in [5, 5.41) is 2.63. The fourth-order valence-corrected chi connectivity index (χ4v) is 13.4. The highest BCUT2D eigenvalue weighted by atomic mass is 32.2. The molecule has 6 atom stereocenters. The first-order chi connectivity index (χ1) is 13.6. The number of thioether (sulfide) groups is 6. The van der Waals surface area contributed by atoms with Crippen LogP contribution in [0.5, 0.6) is 0 Å². The van der Waals surface area contributed by atoms with Crippen LogP contribution in [0.2, 0.25) is 0 Å². The van der Waals surface area contributed by atoms with Gasteiger partial charge in [0.05, 0.1) is 9.16 Å². The first kappa shape index (κ1) is 24.7. The molecule has 2 saturated heterocycles. The van der Waals surface area contributed by atoms with Gasteiger partial charge in [-0.2, -0.15) is 48.8 Å². The zero-order chi connectivity index (χ0) is 19.9. The van der Waals surface area contributed by atoms with Gasteiger partial charge in [-0.1, -0.05) is 24.3 Å². The van der Waals surface area contributed by atoms with Crippen molar-refractivity contribution in [3.05, 3.63) is 35.4 Å². The quantitative estimate of drug-likeness (QED) is 0.301. The lowest BCUT2D eigenvalue weighted by Crippen LogP contribution is -2.04. The highest BCUT2D eigenvalue weighted by Gasteiger charge is 2.26. The minimum atomic E-state index is 0.567. The summed E-state index contributed by atoms with van der Waals surface area (Å²) in [5.41, 5.74) is 2.92. The van der Waals surface area contributed by atoms with Crippen molar-refractivity contribution in [1.82, 2.24) is 0 Å². The van der Waals surface area contributed by atoms with Gasteiger partial charge in [0.1, 0.15) is 0 Å². The normalized spacial score (nSPS) is 29.9. The van der Waals surface area contributed by atoms with Crippen molar-refractivity contribution in [3.8, 4) is 0 Å². The van der Waals surface area contributed by atoms with Gasteiger partial charge < -0.3 is 0 Å². The maximum atomic E-state index is 4.45. The average Bonchev–Trinajstić information content (AvgIpc) is 3.39. The Morgan fingerprint density at radius 1 is 0.821 bits per heavy atom. The molecule has 0 aromatic heterocycles. The number of thiol groups is 2. The van der Waals surface area contributed by atoms with E-state index in [1.807, 2.05) is 0 Å². The predicted molar refractivity (Wildman–Crippen MR) is 151 cm³/mol. The van der Waals surface area contributed by atoms with Crippen LogP contribution in [0.25, 0.3) is 0 Å². The lowest BCUT2D eigenvalue weighted by Gasteiger charge is -2.17. The van der Waals surface area contributed by atoms with Crippen molar-refractivity contribution >= 4 is 95.8 Å². The van der Waals surface area contributed by atoms with Gasteiger partial charge in [-0.05, 0) is 25.0 Å². The van der Waals surface area contributed by atoms with Crippen LogP contribution < -0.4 is 0 Å². The summed E-state index contributed by atoms with van der Waals surface area (Å²) < 4.78 is 1.49. The molecule has 0 nitrogen and oxygen atoms in total. The molecule has 1 aromatic carbocycles. The molecule has 0 amide bonds. The van der Waals surface area contributed by atoms with E-state index in [1.165, 1.54) is 34.1 Å². The minimum absolute atomic E-state index is 0.567. The highest BCUT2D eigenvalue weighted by Crippen LogP contribution is 2.44. The lowest BCUT2D eigenvalue weighted by molar-refractivity contribution is 1.06. The average molecular weight is 527 g/mol. The fourth-order valence-electron chi connectivity index (χ4n) is 3.06. The Balaban J connectivity index is 1.41. The molecule has 158 valence electrons. The van der Waals surface area contributed by atoms with E-state index in [2.05, 4.69) is 134 Å². The van der Waals surface area contributed by atoms with Crippen LogP contribution in [-0.2, 0) is 0 Å². The van der Waals surface area contributed by atoms with E-state index in [-0.39, 0.29) is 0 Å². The first-order valence-electron chi connectivity index (χ1n) is 9.68. The molecule has 2 aliphatic rings. The minimum Gasteiger partial charge on any atom is -0.178 e. The molecule has 3 rings (SSSR count). The van der Waals surface area contributed by atoms with Crippen molar-refractivity contribution in [2.45, 2.75) is 44.0 Å². The Kier molecular flexibility index (Phi) is 11.4. The molecular formula is C20H30S8. The van der Waals surface area contributed by atoms with Gasteiger partial charge in [0.2, 0.25) is 0 Å². The van der Waals surface area contributed by atoms with Crippen LogP contribution >= 0.6 is 95.8 Å². The maximum Gasteiger partial charge on any atom is 0.0596 e. The molecule has 0 aliphatic carbocycles. The molecule has 1 aromatic rings. The molecule has 6 unspecified atom stereocenters. The molecule has 2 aliphatic heterocycles. The zero-order valence-electron chi connectivity index (χ0n) is 16.4. The summed E-state index contributed by atoms with van der Waals surface area (Å²) in [6.07, 6.45) is 0. The number of hydrogen-bond donors (Lipinski definition) is 2. The third-order valence-corrected chi connectivity index (χ3v) is 16.2. The fraction of sp³-hybridized carbons (Fsp3) is 0.700. The van der Waals surface area contributed by atoms with Gasteiger partial charge >= 0.3 is 0 Å². The lowest BCUT2D eigenvalue weighted by atomic mass is 10.1. The van der Waals surface area contributed by atoms with Crippen LogP contribution in [0.15, 0.2) is 24.3 Å². The van der Waals surface area contributed by atoms with Crippen molar-refractivity contribution in [1.29, 1.82) is 0 Å². The van der Waals surface area contributed by atoms with Gasteiger partial charge in [-0.15, -0.1) is 47.0 Å². The predicted octanol–water partition coefficient (Wildman–Crippen LogP) is 7.48. The van der Waals surface area contributed by atoms with Gasteiger partial charge in [0, 0.05) is 55.5 Å². The summed E-state index contributed by atoms with van der Waals surface area (Å²) in [6.45, 7) is 4.70. The Bertz CT molecular complexity index is 529. The van der Waals surface area contributed by atoms with Crippen LogP contribution in [0.4, 0.5) is 0 Å². The molecule has 0 radical (unpaired) electrons. The zero-order valence-corrected chi connectivity index (χ0v) is 23.0. The molecule has 28 heavy (non-hydrogen) atoms. The molecule has 0 saturated carbocycles. The van der Waals surface area contributed by atoms with E-state index in [9.17, 15) is 0 Å². The Morgan fingerprint density at radius 3 is 1.54 bits per heavy atom. The van der Waals surface area contributed by atoms with Crippen molar-refractivity contribution in [3.63, 3.8) is 0 Å². The van der Waals surface area contributed by atoms with Crippen LogP contribution in [-0.4, -0.2) is 54.2 Å². The largest absolute Gasteiger partial charge is 0.178 e. The molecule has 0 N–H and O–H groups in total. The van der Waals surface area contributed by atoms with Gasteiger partial charge in [0.25, 0.3) is 0 Å². The van der Waals surface area contributed by atoms with Crippen LogP contribution in [0.1, 0.15) is 35.5 Å². The SMILES string of the molecule is CC(SCC1SCC(CS)S1)c1ccc(C(C)SCC2SCC(CS)S2)cc1. The molecule has 8 heteroatoms. The third-order valence-electron chi connectivity index (χ3n) is 4.87. The van der Waals surface area contributed by atoms with E-state index in [4.69, 9.17) is 0 Å². The van der Waals surface area contributed by atoms with Crippen LogP contribution in [0.3, 0.4) is 0 Å². The standard InChI is InChI=1S/C20H30S8/c1-13(23-11-19-25-9-17(7-21)27-19)15-3-5-16(6-4-15)14(2)24-12-20-26-10-18(8-22)28-20/h3-6,13-14,17-22H,7-12H2,1-2H3. The maximum absolute atomic E-state index is 4.45. The Labute approximate surface area is 208 Å². The number of benzene rings is 1. The third kappa shape index (κ3) is 7.56. The smallest absolute Gasteiger partial charge is 0.0596 e. The van der Waals surface area contributed by atoms with E-state index in [0.717, 1.165) is 31.2 Å². The Morgan fingerprint density at radius 2 is 1.21 bits per heavy atom. The first-order valence-corrected chi connectivity index (χ1v) is 17.0. The highest BCUT2D eigenvalue weighted by molar-refractivity contribution is 8.22. The van der Waals surface area contributed by atoms with E-state index >= 15 is 0 Å². The summed E-state index contributed by atoms with van der Waals surface area (Å²) >= 11 is 21.6. The molecule has 2 heterocycles. The Hall–Kier alpha value is 2.02. The molecular weight excluding hydrogens is 497 g/mol. The van der Waals surface area contributed by atoms with Crippen molar-refractivity contribution < 1.29 is 0 Å². The monoisotopic (exact) mass is 526 g/mol. The second-order valence-electron chi connectivity index (χ2n) is 7.02. The van der Waals surface area contributed by atoms with E-state index in [1.54, 1.807) is 0 Å². The number of rotatable bonds is 10. The van der Waals surface area contributed by atoms with Crippen molar-refractivity contribution in [2.24, 2.45) is 0 Å². The second kappa shape index (κ2) is 12.9. The number of hydrogen-bond acceptors (Lipinski definition) is 8. The molecule has 0 spiro atoms. The molecule has 2 fully saturated rings. The summed E-state index contributed by atoms with van der Waals surface area (Å²) in [7, 11) is 0. The van der Waals surface area contributed by atoms with Gasteiger partial charge in [-0.3, -0.25) is 0 Å². The second-order valence-corrected chi connectivity index (χ2v) is 16.6. The van der Waals surface area contributed by atoms with E-state index in [0.29, 0.717) is 10.5 Å². The van der Waals surface area contributed by atoms with Crippen molar-refractivity contribution in [2.75, 3.05) is 34.5 Å². The van der Waals surface area contributed by atoms with E-state index < -0.39 is 0 Å². The van der Waals surface area contributed by atoms with Gasteiger partial charge in [0.15, 0.2) is 0 Å². The van der Waals surface area contributed by atoms with Crippen LogP contribution in [0, 0.1) is 0 Å². The summed E-state index contributed by atoms with van der Waals surface area (Å²) in [4.78, 5) is 0.